The summed E-state index contributed by atoms with van der Waals surface area (Å²) in [6, 6.07) is 58.4. The molecule has 1 spiro atoms. The van der Waals surface area contributed by atoms with Gasteiger partial charge >= 0.3 is 0 Å². The van der Waals surface area contributed by atoms with Crippen LogP contribution >= 0.6 is 0 Å². The zero-order valence-corrected chi connectivity index (χ0v) is 24.9. The van der Waals surface area contributed by atoms with Crippen molar-refractivity contribution in [3.05, 3.63) is 180 Å². The summed E-state index contributed by atoms with van der Waals surface area (Å²) in [5.74, 6) is 1.84. The topological polar surface area (TPSA) is 9.23 Å². The van der Waals surface area contributed by atoms with E-state index in [0.717, 1.165) is 17.1 Å². The summed E-state index contributed by atoms with van der Waals surface area (Å²) in [5.41, 5.74) is 15.1. The average molecular weight is 583 g/mol. The van der Waals surface area contributed by atoms with Gasteiger partial charge in [0.1, 0.15) is 11.5 Å². The van der Waals surface area contributed by atoms with Crippen molar-refractivity contribution in [1.82, 2.24) is 0 Å². The van der Waals surface area contributed by atoms with Crippen molar-refractivity contribution < 1.29 is 4.74 Å². The first-order valence-electron chi connectivity index (χ1n) is 16.0. The summed E-state index contributed by atoms with van der Waals surface area (Å²) in [5, 5.41) is 5.03. The van der Waals surface area contributed by atoms with Gasteiger partial charge < -0.3 is 4.74 Å². The van der Waals surface area contributed by atoms with Crippen molar-refractivity contribution in [2.24, 2.45) is 0 Å². The van der Waals surface area contributed by atoms with Crippen LogP contribution < -0.4 is 4.74 Å². The van der Waals surface area contributed by atoms with Gasteiger partial charge in [-0.3, -0.25) is 0 Å². The highest BCUT2D eigenvalue weighted by Gasteiger charge is 2.49. The predicted octanol–water partition coefficient (Wildman–Crippen LogP) is 11.8. The fourth-order valence-electron chi connectivity index (χ4n) is 8.87. The van der Waals surface area contributed by atoms with E-state index in [1.165, 1.54) is 82.7 Å². The lowest BCUT2D eigenvalue weighted by Crippen LogP contribution is -2.31. The lowest BCUT2D eigenvalue weighted by molar-refractivity contribution is 0.487. The van der Waals surface area contributed by atoms with Gasteiger partial charge in [-0.25, -0.2) is 0 Å². The first-order valence-corrected chi connectivity index (χ1v) is 16.0. The molecule has 1 atom stereocenters. The van der Waals surface area contributed by atoms with Crippen molar-refractivity contribution in [2.45, 2.75) is 5.41 Å². The van der Waals surface area contributed by atoms with Gasteiger partial charge in [-0.2, -0.15) is 0 Å². The van der Waals surface area contributed by atoms with E-state index in [9.17, 15) is 0 Å². The fourth-order valence-corrected chi connectivity index (χ4v) is 8.87. The van der Waals surface area contributed by atoms with Crippen molar-refractivity contribution in [1.29, 1.82) is 0 Å². The van der Waals surface area contributed by atoms with Crippen molar-refractivity contribution >= 4 is 21.5 Å². The molecule has 8 aromatic rings. The van der Waals surface area contributed by atoms with Gasteiger partial charge in [0, 0.05) is 10.9 Å². The molecular weight excluding hydrogens is 556 g/mol. The van der Waals surface area contributed by atoms with E-state index in [4.69, 9.17) is 4.74 Å². The number of hydrogen-bond acceptors (Lipinski definition) is 1. The van der Waals surface area contributed by atoms with Crippen LogP contribution in [0.2, 0.25) is 0 Å². The van der Waals surface area contributed by atoms with Crippen LogP contribution in [-0.4, -0.2) is 0 Å². The van der Waals surface area contributed by atoms with Crippen LogP contribution in [0, 0.1) is 0 Å². The molecule has 8 aromatic carbocycles. The van der Waals surface area contributed by atoms with Gasteiger partial charge in [0.05, 0.1) is 5.41 Å². The summed E-state index contributed by atoms with van der Waals surface area (Å²) < 4.78 is 6.34. The Bertz CT molecular complexity index is 2620. The second-order valence-electron chi connectivity index (χ2n) is 12.8. The second kappa shape index (κ2) is 8.62. The number of ether oxygens (including phenoxy) is 1. The molecule has 0 N–H and O–H groups in total. The van der Waals surface area contributed by atoms with Crippen LogP contribution in [0.1, 0.15) is 22.3 Å². The zero-order chi connectivity index (χ0) is 30.0. The molecule has 2 aliphatic carbocycles. The minimum absolute atomic E-state index is 0.393. The third-order valence-corrected chi connectivity index (χ3v) is 10.6. The monoisotopic (exact) mass is 582 g/mol. The lowest BCUT2D eigenvalue weighted by Gasteiger charge is -2.40. The summed E-state index contributed by atoms with van der Waals surface area (Å²) >= 11 is 0. The van der Waals surface area contributed by atoms with Crippen molar-refractivity contribution in [3.8, 4) is 56.0 Å². The summed E-state index contributed by atoms with van der Waals surface area (Å²) in [4.78, 5) is 0. The van der Waals surface area contributed by atoms with Gasteiger partial charge in [0.2, 0.25) is 0 Å². The molecule has 1 aliphatic heterocycles. The van der Waals surface area contributed by atoms with Crippen LogP contribution in [0.25, 0.3) is 66.1 Å². The SMILES string of the molecule is c1ccc2c(c1)Oc1cccc3cc(-c4ccc5c(c4)-c4ccccc4C54c5ccccc5-c5cccc6cccc4c56)cc-2c13. The van der Waals surface area contributed by atoms with Gasteiger partial charge in [-0.05, 0) is 108 Å². The maximum Gasteiger partial charge on any atom is 0.135 e. The third-order valence-electron chi connectivity index (χ3n) is 10.6. The Morgan fingerprint density at radius 3 is 1.76 bits per heavy atom. The minimum atomic E-state index is -0.393. The van der Waals surface area contributed by atoms with Crippen molar-refractivity contribution in [2.75, 3.05) is 0 Å². The van der Waals surface area contributed by atoms with Crippen LogP contribution in [0.15, 0.2) is 158 Å². The minimum Gasteiger partial charge on any atom is -0.456 e. The first-order chi connectivity index (χ1) is 22.8. The highest BCUT2D eigenvalue weighted by molar-refractivity contribution is 6.08. The van der Waals surface area contributed by atoms with E-state index in [1.54, 1.807) is 0 Å². The second-order valence-corrected chi connectivity index (χ2v) is 12.8. The lowest BCUT2D eigenvalue weighted by atomic mass is 9.61. The molecule has 46 heavy (non-hydrogen) atoms. The van der Waals surface area contributed by atoms with E-state index in [-0.39, 0.29) is 0 Å². The van der Waals surface area contributed by atoms with E-state index < -0.39 is 5.41 Å². The molecule has 0 saturated heterocycles. The smallest absolute Gasteiger partial charge is 0.135 e. The molecule has 3 aliphatic rings. The van der Waals surface area contributed by atoms with Gasteiger partial charge in [-0.15, -0.1) is 0 Å². The van der Waals surface area contributed by atoms with Crippen LogP contribution in [0.3, 0.4) is 0 Å². The Kier molecular flexibility index (Phi) is 4.57. The maximum atomic E-state index is 6.34. The zero-order valence-electron chi connectivity index (χ0n) is 24.9. The fraction of sp³-hybridized carbons (Fsp3) is 0.0222. The van der Waals surface area contributed by atoms with E-state index in [2.05, 4.69) is 152 Å². The van der Waals surface area contributed by atoms with Crippen LogP contribution in [-0.2, 0) is 5.41 Å². The van der Waals surface area contributed by atoms with Crippen molar-refractivity contribution in [3.63, 3.8) is 0 Å². The van der Waals surface area contributed by atoms with E-state index in [0.29, 0.717) is 0 Å². The Morgan fingerprint density at radius 1 is 0.326 bits per heavy atom. The molecule has 1 heteroatoms. The highest BCUT2D eigenvalue weighted by Crippen LogP contribution is 2.62. The molecule has 11 rings (SSSR count). The number of fused-ring (bicyclic) bond motifs is 11. The predicted molar refractivity (Wildman–Crippen MR) is 189 cm³/mol. The van der Waals surface area contributed by atoms with Gasteiger partial charge in [-0.1, -0.05) is 127 Å². The Labute approximate surface area is 267 Å². The molecule has 0 aromatic heterocycles. The summed E-state index contributed by atoms with van der Waals surface area (Å²) in [7, 11) is 0. The maximum absolute atomic E-state index is 6.34. The number of rotatable bonds is 1. The largest absolute Gasteiger partial charge is 0.456 e. The molecule has 0 fully saturated rings. The van der Waals surface area contributed by atoms with Gasteiger partial charge in [0.25, 0.3) is 0 Å². The molecule has 0 bridgehead atoms. The third kappa shape index (κ3) is 2.91. The van der Waals surface area contributed by atoms with Gasteiger partial charge in [0.15, 0.2) is 0 Å². The molecule has 0 amide bonds. The standard InChI is InChI=1S/C45H26O/c1-4-17-37-31(13-1)34-16-7-10-27-11-8-19-40(43(27)34)45(37)38-18-5-2-14-32(38)35-25-28(22-23-39(35)45)30-24-29-12-9-21-42-44(29)36(26-30)33-15-3-6-20-41(33)46-42/h1-26H. The average Bonchev–Trinajstić information content (AvgIpc) is 3.41. The summed E-state index contributed by atoms with van der Waals surface area (Å²) in [6.07, 6.45) is 0. The molecule has 0 saturated carbocycles. The number of benzene rings is 8. The van der Waals surface area contributed by atoms with E-state index >= 15 is 0 Å². The quantitative estimate of drug-likeness (QED) is 0.187. The molecular formula is C45H26O. The molecule has 1 nitrogen and oxygen atoms in total. The Morgan fingerprint density at radius 2 is 0.913 bits per heavy atom. The highest BCUT2D eigenvalue weighted by atomic mass is 16.5. The van der Waals surface area contributed by atoms with Crippen LogP contribution in [0.5, 0.6) is 11.5 Å². The summed E-state index contributed by atoms with van der Waals surface area (Å²) in [6.45, 7) is 0. The molecule has 1 heterocycles. The molecule has 212 valence electrons. The molecule has 1 unspecified atom stereocenters. The number of hydrogen-bond donors (Lipinski definition) is 0. The Hall–Kier alpha value is -5.92. The van der Waals surface area contributed by atoms with Crippen LogP contribution in [0.4, 0.5) is 0 Å². The number of para-hydroxylation sites is 1. The normalized spacial score (nSPS) is 16.1. The first kappa shape index (κ1) is 24.4. The molecule has 0 radical (unpaired) electrons. The Balaban J connectivity index is 1.21. The van der Waals surface area contributed by atoms with E-state index in [1.807, 2.05) is 6.07 Å².